The highest BCUT2D eigenvalue weighted by molar-refractivity contribution is 5.79. The fraction of sp³-hybridized carbons (Fsp3) is 0.333. The molecule has 1 aromatic carbocycles. The minimum absolute atomic E-state index is 0.589. The van der Waals surface area contributed by atoms with Gasteiger partial charge < -0.3 is 9.80 Å². The number of aromatic nitrogens is 5. The normalized spacial score (nSPS) is 13.9. The standard InChI is InChI=1S/C21H25N7/c1-3-7-18-14-27(4-2)15-28(18)13-17-11-10-16(12-22-17)19-8-5-6-9-20(19)21-23-25-26-24-21/h5-6,8-12,14H,3-4,7,13,15H2,1-2H3,(H,23,24,25,26). The number of H-pyrrole nitrogens is 1. The van der Waals surface area contributed by atoms with Crippen LogP contribution in [0.1, 0.15) is 32.4 Å². The molecular weight excluding hydrogens is 350 g/mol. The summed E-state index contributed by atoms with van der Waals surface area (Å²) in [4.78, 5) is 9.50. The second-order valence-electron chi connectivity index (χ2n) is 6.93. The Morgan fingerprint density at radius 2 is 1.93 bits per heavy atom. The number of hydrogen-bond donors (Lipinski definition) is 1. The van der Waals surface area contributed by atoms with Crippen LogP contribution in [0, 0.1) is 0 Å². The van der Waals surface area contributed by atoms with Gasteiger partial charge in [-0.1, -0.05) is 43.7 Å². The zero-order valence-corrected chi connectivity index (χ0v) is 16.3. The maximum atomic E-state index is 4.73. The van der Waals surface area contributed by atoms with Crippen LogP contribution in [0.15, 0.2) is 54.5 Å². The highest BCUT2D eigenvalue weighted by atomic mass is 15.5. The van der Waals surface area contributed by atoms with Gasteiger partial charge in [-0.2, -0.15) is 5.21 Å². The Bertz CT molecular complexity index is 932. The minimum Gasteiger partial charge on any atom is -0.359 e. The SMILES string of the molecule is CCCC1=CN(CC)CN1Cc1ccc(-c2ccccc2-c2nn[nH]n2)cn1. The molecule has 1 aliphatic rings. The molecule has 0 amide bonds. The summed E-state index contributed by atoms with van der Waals surface area (Å²) in [6, 6.07) is 12.3. The first kappa shape index (κ1) is 18.2. The van der Waals surface area contributed by atoms with Crippen LogP contribution >= 0.6 is 0 Å². The monoisotopic (exact) mass is 375 g/mol. The van der Waals surface area contributed by atoms with Crippen LogP contribution in [0.4, 0.5) is 0 Å². The first-order chi connectivity index (χ1) is 13.8. The fourth-order valence-electron chi connectivity index (χ4n) is 3.54. The lowest BCUT2D eigenvalue weighted by Crippen LogP contribution is -2.26. The smallest absolute Gasteiger partial charge is 0.205 e. The number of tetrazole rings is 1. The average molecular weight is 375 g/mol. The van der Waals surface area contributed by atoms with Crippen LogP contribution in [-0.2, 0) is 6.54 Å². The molecular formula is C21H25N7. The first-order valence-electron chi connectivity index (χ1n) is 9.76. The van der Waals surface area contributed by atoms with Crippen molar-refractivity contribution in [2.45, 2.75) is 33.2 Å². The average Bonchev–Trinajstić information content (AvgIpc) is 3.39. The van der Waals surface area contributed by atoms with E-state index in [4.69, 9.17) is 4.98 Å². The number of nitrogens with one attached hydrogen (secondary N) is 1. The summed E-state index contributed by atoms with van der Waals surface area (Å²) in [5.41, 5.74) is 5.51. The molecule has 4 rings (SSSR count). The van der Waals surface area contributed by atoms with E-state index >= 15 is 0 Å². The van der Waals surface area contributed by atoms with Crippen molar-refractivity contribution in [2.75, 3.05) is 13.2 Å². The molecule has 144 valence electrons. The maximum Gasteiger partial charge on any atom is 0.205 e. The molecule has 0 fully saturated rings. The highest BCUT2D eigenvalue weighted by Crippen LogP contribution is 2.29. The third kappa shape index (κ3) is 3.74. The Morgan fingerprint density at radius 1 is 1.07 bits per heavy atom. The largest absolute Gasteiger partial charge is 0.359 e. The van der Waals surface area contributed by atoms with E-state index in [0.29, 0.717) is 5.82 Å². The lowest BCUT2D eigenvalue weighted by atomic mass is 10.0. The molecule has 0 spiro atoms. The molecule has 7 heteroatoms. The Labute approximate surface area is 165 Å². The Hall–Kier alpha value is -3.22. The van der Waals surface area contributed by atoms with E-state index in [1.54, 1.807) is 0 Å². The molecule has 28 heavy (non-hydrogen) atoms. The summed E-state index contributed by atoms with van der Waals surface area (Å²) in [7, 11) is 0. The van der Waals surface area contributed by atoms with E-state index in [-0.39, 0.29) is 0 Å². The van der Waals surface area contributed by atoms with Crippen LogP contribution in [0.5, 0.6) is 0 Å². The van der Waals surface area contributed by atoms with Crippen LogP contribution in [0.3, 0.4) is 0 Å². The van der Waals surface area contributed by atoms with Gasteiger partial charge >= 0.3 is 0 Å². The van der Waals surface area contributed by atoms with Gasteiger partial charge in [0.15, 0.2) is 0 Å². The van der Waals surface area contributed by atoms with Gasteiger partial charge in [0, 0.05) is 35.8 Å². The Balaban J connectivity index is 1.54. The lowest BCUT2D eigenvalue weighted by molar-refractivity contribution is 0.249. The minimum atomic E-state index is 0.589. The number of rotatable bonds is 7. The number of nitrogens with zero attached hydrogens (tertiary/aromatic N) is 6. The topological polar surface area (TPSA) is 73.8 Å². The summed E-state index contributed by atoms with van der Waals surface area (Å²) in [6.07, 6.45) is 6.48. The summed E-state index contributed by atoms with van der Waals surface area (Å²) in [5.74, 6) is 0.589. The highest BCUT2D eigenvalue weighted by Gasteiger charge is 2.19. The van der Waals surface area contributed by atoms with Crippen molar-refractivity contribution in [3.8, 4) is 22.5 Å². The van der Waals surface area contributed by atoms with Crippen molar-refractivity contribution in [3.05, 3.63) is 60.2 Å². The van der Waals surface area contributed by atoms with Crippen molar-refractivity contribution in [2.24, 2.45) is 0 Å². The molecule has 0 aliphatic carbocycles. The van der Waals surface area contributed by atoms with E-state index in [2.05, 4.69) is 68.7 Å². The zero-order chi connectivity index (χ0) is 19.3. The zero-order valence-electron chi connectivity index (χ0n) is 16.3. The Morgan fingerprint density at radius 3 is 2.61 bits per heavy atom. The molecule has 0 bridgehead atoms. The quantitative estimate of drug-likeness (QED) is 0.679. The third-order valence-corrected chi connectivity index (χ3v) is 5.00. The van der Waals surface area contributed by atoms with Gasteiger partial charge in [0.2, 0.25) is 5.82 Å². The maximum absolute atomic E-state index is 4.73. The van der Waals surface area contributed by atoms with Gasteiger partial charge in [-0.25, -0.2) is 0 Å². The van der Waals surface area contributed by atoms with Gasteiger partial charge in [-0.3, -0.25) is 4.98 Å². The van der Waals surface area contributed by atoms with E-state index in [9.17, 15) is 0 Å². The molecule has 0 atom stereocenters. The van der Waals surface area contributed by atoms with Crippen LogP contribution in [-0.4, -0.2) is 48.6 Å². The predicted octanol–water partition coefficient (Wildman–Crippen LogP) is 3.67. The summed E-state index contributed by atoms with van der Waals surface area (Å²) in [5, 5.41) is 14.4. The molecule has 1 N–H and O–H groups in total. The Kier molecular flexibility index (Phi) is 5.32. The molecule has 0 unspecified atom stereocenters. The molecule has 1 aliphatic heterocycles. The van der Waals surface area contributed by atoms with Crippen LogP contribution < -0.4 is 0 Å². The molecule has 3 aromatic rings. The second-order valence-corrected chi connectivity index (χ2v) is 6.93. The molecule has 0 saturated heterocycles. The van der Waals surface area contributed by atoms with Gasteiger partial charge in [0.05, 0.1) is 18.9 Å². The summed E-state index contributed by atoms with van der Waals surface area (Å²) in [6.45, 7) is 7.22. The molecule has 0 saturated carbocycles. The predicted molar refractivity (Wildman–Crippen MR) is 109 cm³/mol. The molecule has 7 nitrogen and oxygen atoms in total. The van der Waals surface area contributed by atoms with E-state index in [1.807, 2.05) is 24.4 Å². The van der Waals surface area contributed by atoms with Crippen LogP contribution in [0.2, 0.25) is 0 Å². The second kappa shape index (κ2) is 8.21. The van der Waals surface area contributed by atoms with Crippen molar-refractivity contribution in [1.29, 1.82) is 0 Å². The van der Waals surface area contributed by atoms with Crippen molar-refractivity contribution in [1.82, 2.24) is 35.4 Å². The fourth-order valence-corrected chi connectivity index (χ4v) is 3.54. The van der Waals surface area contributed by atoms with Crippen molar-refractivity contribution in [3.63, 3.8) is 0 Å². The van der Waals surface area contributed by atoms with Gasteiger partial charge in [-0.15, -0.1) is 10.2 Å². The van der Waals surface area contributed by atoms with E-state index < -0.39 is 0 Å². The number of hydrogen-bond acceptors (Lipinski definition) is 6. The number of benzene rings is 1. The van der Waals surface area contributed by atoms with Crippen molar-refractivity contribution >= 4 is 0 Å². The van der Waals surface area contributed by atoms with Gasteiger partial charge in [0.25, 0.3) is 0 Å². The number of allylic oxidation sites excluding steroid dienone is 1. The van der Waals surface area contributed by atoms with E-state index in [1.165, 1.54) is 5.70 Å². The third-order valence-electron chi connectivity index (χ3n) is 5.00. The summed E-state index contributed by atoms with van der Waals surface area (Å²) >= 11 is 0. The number of aromatic amines is 1. The first-order valence-corrected chi connectivity index (χ1v) is 9.76. The molecule has 0 radical (unpaired) electrons. The molecule has 3 heterocycles. The van der Waals surface area contributed by atoms with Gasteiger partial charge in [0.1, 0.15) is 0 Å². The van der Waals surface area contributed by atoms with Crippen LogP contribution in [0.25, 0.3) is 22.5 Å². The van der Waals surface area contributed by atoms with E-state index in [0.717, 1.165) is 55.0 Å². The lowest BCUT2D eigenvalue weighted by Gasteiger charge is -2.23. The van der Waals surface area contributed by atoms with Crippen molar-refractivity contribution < 1.29 is 0 Å². The van der Waals surface area contributed by atoms with Gasteiger partial charge in [-0.05, 0) is 30.2 Å². The summed E-state index contributed by atoms with van der Waals surface area (Å²) < 4.78 is 0. The molecule has 2 aromatic heterocycles. The number of pyridine rings is 1.